The second-order valence-electron chi connectivity index (χ2n) is 6.23. The van der Waals surface area contributed by atoms with Crippen molar-refractivity contribution in [3.8, 4) is 0 Å². The summed E-state index contributed by atoms with van der Waals surface area (Å²) in [6.07, 6.45) is 9.05. The highest BCUT2D eigenvalue weighted by molar-refractivity contribution is 5.95. The lowest BCUT2D eigenvalue weighted by Crippen LogP contribution is -2.91. The van der Waals surface area contributed by atoms with E-state index >= 15 is 0 Å². The average Bonchev–Trinajstić information content (AvgIpc) is 2.46. The molecule has 120 valence electrons. The maximum Gasteiger partial charge on any atom is 0.279 e. The van der Waals surface area contributed by atoms with Crippen LogP contribution < -0.4 is 10.6 Å². The van der Waals surface area contributed by atoms with E-state index in [-0.39, 0.29) is 11.7 Å². The third-order valence-electron chi connectivity index (χ3n) is 4.36. The standard InChI is InChI=1S/C18H26N2O2/c1-14(21)15-9-11-17(12-10-15)20-18(22)13-19-16-7-5-3-2-4-6-8-16/h9-12,16,19H,2-8,13H2,1H3,(H,20,22)/p+1. The molecule has 0 saturated heterocycles. The molecule has 0 spiro atoms. The molecule has 1 aromatic carbocycles. The van der Waals surface area contributed by atoms with Crippen LogP contribution in [-0.4, -0.2) is 24.3 Å². The molecule has 1 aliphatic carbocycles. The molecule has 2 rings (SSSR count). The van der Waals surface area contributed by atoms with Crippen LogP contribution >= 0.6 is 0 Å². The second-order valence-corrected chi connectivity index (χ2v) is 6.23. The zero-order chi connectivity index (χ0) is 15.8. The number of Topliss-reactive ketones (excluding diaryl/α,β-unsaturated/α-hetero) is 1. The Labute approximate surface area is 132 Å². The first-order valence-electron chi connectivity index (χ1n) is 8.39. The molecule has 22 heavy (non-hydrogen) atoms. The number of nitrogens with one attached hydrogen (secondary N) is 1. The van der Waals surface area contributed by atoms with Gasteiger partial charge in [0.05, 0.1) is 6.04 Å². The van der Waals surface area contributed by atoms with Crippen molar-refractivity contribution < 1.29 is 14.9 Å². The molecule has 0 aromatic heterocycles. The van der Waals surface area contributed by atoms with Crippen molar-refractivity contribution in [1.29, 1.82) is 0 Å². The summed E-state index contributed by atoms with van der Waals surface area (Å²) in [5.41, 5.74) is 1.42. The van der Waals surface area contributed by atoms with Crippen molar-refractivity contribution >= 4 is 17.4 Å². The lowest BCUT2D eigenvalue weighted by molar-refractivity contribution is -0.680. The van der Waals surface area contributed by atoms with E-state index < -0.39 is 0 Å². The highest BCUT2D eigenvalue weighted by Gasteiger charge is 2.15. The molecular weight excluding hydrogens is 276 g/mol. The largest absolute Gasteiger partial charge is 0.336 e. The molecule has 4 heteroatoms. The number of carbonyl (C=O) groups excluding carboxylic acids is 2. The molecule has 4 nitrogen and oxygen atoms in total. The summed E-state index contributed by atoms with van der Waals surface area (Å²) in [5.74, 6) is 0.0631. The van der Waals surface area contributed by atoms with E-state index in [4.69, 9.17) is 0 Å². The Balaban J connectivity index is 1.75. The Morgan fingerprint density at radius 1 is 1.05 bits per heavy atom. The Kier molecular flexibility index (Phi) is 6.59. The number of quaternary nitrogens is 1. The van der Waals surface area contributed by atoms with E-state index in [1.165, 1.54) is 51.9 Å². The van der Waals surface area contributed by atoms with Gasteiger partial charge in [-0.1, -0.05) is 19.3 Å². The summed E-state index contributed by atoms with van der Waals surface area (Å²) in [7, 11) is 0. The van der Waals surface area contributed by atoms with Crippen LogP contribution in [0.4, 0.5) is 5.69 Å². The molecule has 0 aliphatic heterocycles. The van der Waals surface area contributed by atoms with Gasteiger partial charge in [0.15, 0.2) is 12.3 Å². The molecular formula is C18H27N2O2+. The van der Waals surface area contributed by atoms with Crippen LogP contribution in [0.2, 0.25) is 0 Å². The number of anilines is 1. The van der Waals surface area contributed by atoms with Gasteiger partial charge in [0, 0.05) is 11.3 Å². The number of amides is 1. The second kappa shape index (κ2) is 8.69. The number of carbonyl (C=O) groups is 2. The first kappa shape index (κ1) is 16.7. The highest BCUT2D eigenvalue weighted by atomic mass is 16.2. The zero-order valence-corrected chi connectivity index (χ0v) is 13.4. The molecule has 0 atom stereocenters. The Morgan fingerprint density at radius 2 is 1.64 bits per heavy atom. The van der Waals surface area contributed by atoms with Gasteiger partial charge in [-0.2, -0.15) is 0 Å². The summed E-state index contributed by atoms with van der Waals surface area (Å²) in [5, 5.41) is 5.08. The van der Waals surface area contributed by atoms with Gasteiger partial charge in [0.1, 0.15) is 0 Å². The number of benzene rings is 1. The van der Waals surface area contributed by atoms with E-state index in [1.54, 1.807) is 24.3 Å². The van der Waals surface area contributed by atoms with Crippen molar-refractivity contribution in [1.82, 2.24) is 0 Å². The van der Waals surface area contributed by atoms with Gasteiger partial charge >= 0.3 is 0 Å². The third kappa shape index (κ3) is 5.60. The van der Waals surface area contributed by atoms with Gasteiger partial charge in [-0.3, -0.25) is 9.59 Å². The van der Waals surface area contributed by atoms with Crippen LogP contribution in [0.5, 0.6) is 0 Å². The highest BCUT2D eigenvalue weighted by Crippen LogP contribution is 2.15. The van der Waals surface area contributed by atoms with Gasteiger partial charge in [-0.05, 0) is 56.9 Å². The van der Waals surface area contributed by atoms with Crippen LogP contribution in [-0.2, 0) is 4.79 Å². The van der Waals surface area contributed by atoms with Crippen molar-refractivity contribution in [3.63, 3.8) is 0 Å². The lowest BCUT2D eigenvalue weighted by atomic mass is 9.97. The molecule has 1 aromatic rings. The molecule has 1 amide bonds. The third-order valence-corrected chi connectivity index (χ3v) is 4.36. The molecule has 0 heterocycles. The molecule has 1 saturated carbocycles. The topological polar surface area (TPSA) is 62.8 Å². The summed E-state index contributed by atoms with van der Waals surface area (Å²) < 4.78 is 0. The average molecular weight is 303 g/mol. The van der Waals surface area contributed by atoms with Crippen molar-refractivity contribution in [2.24, 2.45) is 0 Å². The Morgan fingerprint density at radius 3 is 2.23 bits per heavy atom. The molecule has 1 aliphatic rings. The smallest absolute Gasteiger partial charge is 0.279 e. The minimum Gasteiger partial charge on any atom is -0.336 e. The number of hydrogen-bond donors (Lipinski definition) is 2. The van der Waals surface area contributed by atoms with Gasteiger partial charge in [0.25, 0.3) is 5.91 Å². The molecule has 0 bridgehead atoms. The van der Waals surface area contributed by atoms with E-state index in [1.807, 2.05) is 0 Å². The van der Waals surface area contributed by atoms with Gasteiger partial charge < -0.3 is 10.6 Å². The maximum atomic E-state index is 12.0. The Hall–Kier alpha value is -1.68. The van der Waals surface area contributed by atoms with Gasteiger partial charge in [-0.15, -0.1) is 0 Å². The molecule has 1 fully saturated rings. The minimum atomic E-state index is 0.0256. The van der Waals surface area contributed by atoms with Crippen LogP contribution in [0.3, 0.4) is 0 Å². The summed E-state index contributed by atoms with van der Waals surface area (Å²) >= 11 is 0. The van der Waals surface area contributed by atoms with Gasteiger partial charge in [0.2, 0.25) is 0 Å². The van der Waals surface area contributed by atoms with Crippen LogP contribution in [0.25, 0.3) is 0 Å². The number of nitrogens with two attached hydrogens (primary N) is 1. The van der Waals surface area contributed by atoms with E-state index in [0.717, 1.165) is 5.69 Å². The van der Waals surface area contributed by atoms with Crippen LogP contribution in [0.15, 0.2) is 24.3 Å². The van der Waals surface area contributed by atoms with E-state index in [9.17, 15) is 9.59 Å². The van der Waals surface area contributed by atoms with Crippen LogP contribution in [0, 0.1) is 0 Å². The number of hydrogen-bond acceptors (Lipinski definition) is 2. The fraction of sp³-hybridized carbons (Fsp3) is 0.556. The number of ketones is 1. The Bertz CT molecular complexity index is 488. The minimum absolute atomic E-state index is 0.0256. The predicted molar refractivity (Wildman–Crippen MR) is 88.0 cm³/mol. The molecule has 3 N–H and O–H groups in total. The SMILES string of the molecule is CC(=O)c1ccc(NC(=O)C[NH2+]C2CCCCCCC2)cc1. The maximum absolute atomic E-state index is 12.0. The fourth-order valence-corrected chi connectivity index (χ4v) is 3.00. The fourth-order valence-electron chi connectivity index (χ4n) is 3.00. The summed E-state index contributed by atoms with van der Waals surface area (Å²) in [6.45, 7) is 2.01. The van der Waals surface area contributed by atoms with Gasteiger partial charge in [-0.25, -0.2) is 0 Å². The van der Waals surface area contributed by atoms with E-state index in [2.05, 4.69) is 10.6 Å². The first-order valence-corrected chi connectivity index (χ1v) is 8.39. The molecule has 0 unspecified atom stereocenters. The van der Waals surface area contributed by atoms with E-state index in [0.29, 0.717) is 18.2 Å². The zero-order valence-electron chi connectivity index (χ0n) is 13.4. The predicted octanol–water partition coefficient (Wildman–Crippen LogP) is 2.50. The van der Waals surface area contributed by atoms with Crippen LogP contribution in [0.1, 0.15) is 62.2 Å². The van der Waals surface area contributed by atoms with Crippen molar-refractivity contribution in [2.45, 2.75) is 57.9 Å². The normalized spacial score (nSPS) is 16.6. The quantitative estimate of drug-likeness (QED) is 0.821. The first-order chi connectivity index (χ1) is 10.6. The summed E-state index contributed by atoms with van der Waals surface area (Å²) in [6, 6.07) is 7.65. The van der Waals surface area contributed by atoms with Crippen molar-refractivity contribution in [3.05, 3.63) is 29.8 Å². The monoisotopic (exact) mass is 303 g/mol. The molecule has 0 radical (unpaired) electrons. The summed E-state index contributed by atoms with van der Waals surface area (Å²) in [4.78, 5) is 23.2. The number of rotatable bonds is 5. The van der Waals surface area contributed by atoms with Crippen molar-refractivity contribution in [2.75, 3.05) is 11.9 Å². The lowest BCUT2D eigenvalue weighted by Gasteiger charge is -2.18.